The molecule has 0 aliphatic heterocycles. The summed E-state index contributed by atoms with van der Waals surface area (Å²) < 4.78 is 0. The third-order valence-electron chi connectivity index (χ3n) is 4.15. The van der Waals surface area contributed by atoms with Crippen LogP contribution in [0.4, 0.5) is 0 Å². The van der Waals surface area contributed by atoms with Crippen molar-refractivity contribution in [3.05, 3.63) is 21.9 Å². The number of aryl methyl sites for hydroxylation is 1. The Morgan fingerprint density at radius 1 is 1.41 bits per heavy atom. The van der Waals surface area contributed by atoms with Crippen LogP contribution < -0.4 is 5.32 Å². The molecule has 17 heavy (non-hydrogen) atoms. The normalized spacial score (nSPS) is 26.5. The Morgan fingerprint density at radius 3 is 2.65 bits per heavy atom. The molecule has 0 spiro atoms. The van der Waals surface area contributed by atoms with Gasteiger partial charge in [0.05, 0.1) is 0 Å². The lowest BCUT2D eigenvalue weighted by Gasteiger charge is -2.07. The summed E-state index contributed by atoms with van der Waals surface area (Å²) in [5.74, 6) is 2.35. The molecule has 1 fully saturated rings. The maximum Gasteiger partial charge on any atom is 0.0114 e. The summed E-state index contributed by atoms with van der Waals surface area (Å²) in [6.45, 7) is 13.9. The first-order valence-electron chi connectivity index (χ1n) is 6.69. The molecular weight excluding hydrogens is 226 g/mol. The Kier molecular flexibility index (Phi) is 3.65. The highest BCUT2D eigenvalue weighted by atomic mass is 32.1. The average Bonchev–Trinajstić information content (AvgIpc) is 2.57. The molecule has 0 bridgehead atoms. The zero-order chi connectivity index (χ0) is 12.6. The lowest BCUT2D eigenvalue weighted by Crippen LogP contribution is -2.23. The van der Waals surface area contributed by atoms with Gasteiger partial charge in [-0.3, -0.25) is 0 Å². The first-order chi connectivity index (χ1) is 7.94. The van der Waals surface area contributed by atoms with Crippen LogP contribution in [0.15, 0.2) is 11.4 Å². The molecule has 2 rings (SSSR count). The van der Waals surface area contributed by atoms with Gasteiger partial charge in [0.15, 0.2) is 0 Å². The standard InChI is InChI=1S/C15H25NS/c1-10(2)8-16-9-12-13(15(12,4)5)14-11(3)6-7-17-14/h6-7,10,12-13,16H,8-9H2,1-5H3. The highest BCUT2D eigenvalue weighted by molar-refractivity contribution is 7.10. The van der Waals surface area contributed by atoms with E-state index in [1.807, 2.05) is 11.3 Å². The van der Waals surface area contributed by atoms with Crippen molar-refractivity contribution in [1.29, 1.82) is 0 Å². The van der Waals surface area contributed by atoms with Gasteiger partial charge in [0.2, 0.25) is 0 Å². The summed E-state index contributed by atoms with van der Waals surface area (Å²) in [6.07, 6.45) is 0. The van der Waals surface area contributed by atoms with Gasteiger partial charge in [0.25, 0.3) is 0 Å². The quantitative estimate of drug-likeness (QED) is 0.833. The van der Waals surface area contributed by atoms with Crippen LogP contribution in [0, 0.1) is 24.2 Å². The minimum atomic E-state index is 0.486. The molecule has 1 N–H and O–H groups in total. The second kappa shape index (κ2) is 4.74. The molecule has 0 aromatic carbocycles. The van der Waals surface area contributed by atoms with Crippen LogP contribution in [0.2, 0.25) is 0 Å². The Morgan fingerprint density at radius 2 is 2.12 bits per heavy atom. The summed E-state index contributed by atoms with van der Waals surface area (Å²) in [5.41, 5.74) is 1.97. The minimum Gasteiger partial charge on any atom is -0.316 e. The van der Waals surface area contributed by atoms with Crippen LogP contribution >= 0.6 is 11.3 Å². The number of thiophene rings is 1. The molecule has 1 nitrogen and oxygen atoms in total. The highest BCUT2D eigenvalue weighted by Crippen LogP contribution is 2.65. The van der Waals surface area contributed by atoms with Crippen molar-refractivity contribution in [2.75, 3.05) is 13.1 Å². The lowest BCUT2D eigenvalue weighted by atomic mass is 10.1. The molecule has 0 radical (unpaired) electrons. The molecule has 1 aromatic heterocycles. The van der Waals surface area contributed by atoms with E-state index < -0.39 is 0 Å². The van der Waals surface area contributed by atoms with E-state index in [9.17, 15) is 0 Å². The lowest BCUT2D eigenvalue weighted by molar-refractivity contribution is 0.487. The predicted molar refractivity (Wildman–Crippen MR) is 76.8 cm³/mol. The smallest absolute Gasteiger partial charge is 0.0114 e. The van der Waals surface area contributed by atoms with Gasteiger partial charge < -0.3 is 5.32 Å². The number of hydrogen-bond acceptors (Lipinski definition) is 2. The van der Waals surface area contributed by atoms with Crippen LogP contribution in [-0.2, 0) is 0 Å². The van der Waals surface area contributed by atoms with Crippen LogP contribution in [0.1, 0.15) is 44.1 Å². The fourth-order valence-electron chi connectivity index (χ4n) is 2.88. The molecule has 0 saturated heterocycles. The summed E-state index contributed by atoms with van der Waals surface area (Å²) in [4.78, 5) is 1.62. The molecule has 1 aromatic rings. The van der Waals surface area contributed by atoms with Crippen LogP contribution in [0.25, 0.3) is 0 Å². The van der Waals surface area contributed by atoms with Crippen molar-refractivity contribution in [3.8, 4) is 0 Å². The first kappa shape index (κ1) is 13.1. The fourth-order valence-corrected chi connectivity index (χ4v) is 4.16. The van der Waals surface area contributed by atoms with Gasteiger partial charge in [0.1, 0.15) is 0 Å². The number of hydrogen-bond donors (Lipinski definition) is 1. The second-order valence-corrected chi connectivity index (χ2v) is 7.37. The van der Waals surface area contributed by atoms with E-state index in [2.05, 4.69) is 51.4 Å². The Hall–Kier alpha value is -0.340. The van der Waals surface area contributed by atoms with Gasteiger partial charge in [-0.1, -0.05) is 27.7 Å². The van der Waals surface area contributed by atoms with Gasteiger partial charge in [-0.2, -0.15) is 0 Å². The van der Waals surface area contributed by atoms with Crippen molar-refractivity contribution in [2.24, 2.45) is 17.3 Å². The summed E-state index contributed by atoms with van der Waals surface area (Å²) in [5, 5.41) is 5.85. The maximum absolute atomic E-state index is 3.62. The highest BCUT2D eigenvalue weighted by Gasteiger charge is 2.58. The summed E-state index contributed by atoms with van der Waals surface area (Å²) in [7, 11) is 0. The monoisotopic (exact) mass is 251 g/mol. The zero-order valence-electron chi connectivity index (χ0n) is 11.7. The number of nitrogens with one attached hydrogen (secondary N) is 1. The van der Waals surface area contributed by atoms with Gasteiger partial charge in [0, 0.05) is 10.8 Å². The van der Waals surface area contributed by atoms with Crippen molar-refractivity contribution < 1.29 is 0 Å². The third-order valence-corrected chi connectivity index (χ3v) is 5.25. The van der Waals surface area contributed by atoms with E-state index in [1.54, 1.807) is 4.88 Å². The van der Waals surface area contributed by atoms with Crippen LogP contribution in [-0.4, -0.2) is 13.1 Å². The van der Waals surface area contributed by atoms with E-state index in [4.69, 9.17) is 0 Å². The molecule has 1 saturated carbocycles. The van der Waals surface area contributed by atoms with Gasteiger partial charge in [-0.15, -0.1) is 11.3 Å². The molecule has 1 aliphatic carbocycles. The van der Waals surface area contributed by atoms with Crippen LogP contribution in [0.5, 0.6) is 0 Å². The molecule has 2 heteroatoms. The first-order valence-corrected chi connectivity index (χ1v) is 7.57. The molecule has 1 aliphatic rings. The SMILES string of the molecule is Cc1ccsc1C1C(CNCC(C)C)C1(C)C. The molecule has 0 amide bonds. The van der Waals surface area contributed by atoms with E-state index in [0.717, 1.165) is 24.3 Å². The van der Waals surface area contributed by atoms with E-state index in [0.29, 0.717) is 5.41 Å². The van der Waals surface area contributed by atoms with E-state index >= 15 is 0 Å². The molecule has 96 valence electrons. The Bertz CT molecular complexity index is 378. The van der Waals surface area contributed by atoms with Gasteiger partial charge in [-0.25, -0.2) is 0 Å². The molecule has 2 unspecified atom stereocenters. The van der Waals surface area contributed by atoms with Crippen molar-refractivity contribution >= 4 is 11.3 Å². The largest absolute Gasteiger partial charge is 0.316 e. The van der Waals surface area contributed by atoms with E-state index in [-0.39, 0.29) is 0 Å². The van der Waals surface area contributed by atoms with Crippen molar-refractivity contribution in [2.45, 2.75) is 40.5 Å². The predicted octanol–water partition coefficient (Wildman–Crippen LogP) is 4.04. The fraction of sp³-hybridized carbons (Fsp3) is 0.733. The Balaban J connectivity index is 1.95. The summed E-state index contributed by atoms with van der Waals surface area (Å²) in [6, 6.07) is 2.26. The Labute approximate surface area is 110 Å². The second-order valence-electron chi connectivity index (χ2n) is 6.43. The molecule has 1 heterocycles. The molecular formula is C15H25NS. The topological polar surface area (TPSA) is 12.0 Å². The minimum absolute atomic E-state index is 0.486. The average molecular weight is 251 g/mol. The number of rotatable bonds is 5. The molecule has 2 atom stereocenters. The van der Waals surface area contributed by atoms with Gasteiger partial charge >= 0.3 is 0 Å². The van der Waals surface area contributed by atoms with Crippen LogP contribution in [0.3, 0.4) is 0 Å². The zero-order valence-corrected chi connectivity index (χ0v) is 12.5. The van der Waals surface area contributed by atoms with Crippen molar-refractivity contribution in [3.63, 3.8) is 0 Å². The van der Waals surface area contributed by atoms with E-state index in [1.165, 1.54) is 12.1 Å². The van der Waals surface area contributed by atoms with Gasteiger partial charge in [-0.05, 0) is 54.3 Å². The maximum atomic E-state index is 3.62. The van der Waals surface area contributed by atoms with Crippen molar-refractivity contribution in [1.82, 2.24) is 5.32 Å². The third kappa shape index (κ3) is 2.58. The summed E-state index contributed by atoms with van der Waals surface area (Å²) >= 11 is 1.94.